The van der Waals surface area contributed by atoms with E-state index in [0.717, 1.165) is 32.0 Å². The molecule has 0 bridgehead atoms. The Bertz CT molecular complexity index is 253. The van der Waals surface area contributed by atoms with Crippen molar-refractivity contribution in [3.63, 3.8) is 0 Å². The van der Waals surface area contributed by atoms with Crippen LogP contribution in [-0.2, 0) is 9.53 Å². The maximum Gasteiger partial charge on any atom is 0.129 e. The van der Waals surface area contributed by atoms with Gasteiger partial charge in [0.05, 0.1) is 13.2 Å². The quantitative estimate of drug-likeness (QED) is 0.729. The van der Waals surface area contributed by atoms with Crippen LogP contribution in [0.2, 0.25) is 0 Å². The highest BCUT2D eigenvalue weighted by Crippen LogP contribution is 2.44. The average Bonchev–Trinajstić information content (AvgIpc) is 2.18. The molecule has 2 aliphatic rings. The Kier molecular flexibility index (Phi) is 3.65. The summed E-state index contributed by atoms with van der Waals surface area (Å²) < 4.78 is 5.43. The lowest BCUT2D eigenvalue weighted by Gasteiger charge is -2.49. The minimum Gasteiger partial charge on any atom is -0.380 e. The van der Waals surface area contributed by atoms with Gasteiger partial charge in [-0.3, -0.25) is 0 Å². The minimum absolute atomic E-state index is 0.319. The van der Waals surface area contributed by atoms with Crippen molar-refractivity contribution in [3.8, 4) is 0 Å². The first kappa shape index (κ1) is 12.1. The Morgan fingerprint density at radius 3 is 2.44 bits per heavy atom. The van der Waals surface area contributed by atoms with E-state index in [2.05, 4.69) is 11.9 Å². The van der Waals surface area contributed by atoms with Gasteiger partial charge in [0, 0.05) is 11.8 Å². The number of nitrogens with zero attached hydrogens (tertiary/aromatic N) is 1. The number of carbonyl (C=O) groups excluding carboxylic acids is 1. The SMILES string of the molecule is CC(=O)CCC1(C2CCN(C)CC2)COC1. The molecule has 0 atom stereocenters. The molecule has 92 valence electrons. The van der Waals surface area contributed by atoms with Gasteiger partial charge >= 0.3 is 0 Å². The van der Waals surface area contributed by atoms with Gasteiger partial charge in [0.15, 0.2) is 0 Å². The molecule has 0 N–H and O–H groups in total. The van der Waals surface area contributed by atoms with Crippen LogP contribution in [0.5, 0.6) is 0 Å². The van der Waals surface area contributed by atoms with Crippen molar-refractivity contribution >= 4 is 5.78 Å². The molecule has 2 saturated heterocycles. The van der Waals surface area contributed by atoms with Gasteiger partial charge < -0.3 is 14.4 Å². The molecular formula is C13H23NO2. The third kappa shape index (κ3) is 2.46. The first-order chi connectivity index (χ1) is 7.62. The maximum absolute atomic E-state index is 11.1. The molecule has 0 unspecified atom stereocenters. The van der Waals surface area contributed by atoms with Crippen LogP contribution in [0.4, 0.5) is 0 Å². The third-order valence-electron chi connectivity index (χ3n) is 4.34. The van der Waals surface area contributed by atoms with Gasteiger partial charge in [-0.2, -0.15) is 0 Å². The standard InChI is InChI=1S/C13H23NO2/c1-11(15)3-6-13(9-16-10-13)12-4-7-14(2)8-5-12/h12H,3-10H2,1-2H3. The lowest BCUT2D eigenvalue weighted by Crippen LogP contribution is -2.51. The van der Waals surface area contributed by atoms with E-state index in [-0.39, 0.29) is 0 Å². The molecule has 0 radical (unpaired) electrons. The Morgan fingerprint density at radius 1 is 1.38 bits per heavy atom. The van der Waals surface area contributed by atoms with Gasteiger partial charge in [-0.25, -0.2) is 0 Å². The maximum atomic E-state index is 11.1. The third-order valence-corrected chi connectivity index (χ3v) is 4.34. The summed E-state index contributed by atoms with van der Waals surface area (Å²) in [5.41, 5.74) is 0.340. The van der Waals surface area contributed by atoms with Gasteiger partial charge in [-0.05, 0) is 52.2 Å². The first-order valence-electron chi connectivity index (χ1n) is 6.38. The van der Waals surface area contributed by atoms with Crippen molar-refractivity contribution in [2.24, 2.45) is 11.3 Å². The Labute approximate surface area is 98.1 Å². The topological polar surface area (TPSA) is 29.5 Å². The van der Waals surface area contributed by atoms with Crippen LogP contribution < -0.4 is 0 Å². The van der Waals surface area contributed by atoms with E-state index in [0.29, 0.717) is 11.2 Å². The fourth-order valence-corrected chi connectivity index (χ4v) is 2.99. The second-order valence-corrected chi connectivity index (χ2v) is 5.63. The molecule has 3 nitrogen and oxygen atoms in total. The zero-order chi connectivity index (χ0) is 11.6. The molecule has 2 aliphatic heterocycles. The summed E-state index contributed by atoms with van der Waals surface area (Å²) in [5, 5.41) is 0. The fraction of sp³-hybridized carbons (Fsp3) is 0.923. The second kappa shape index (κ2) is 4.84. The van der Waals surface area contributed by atoms with Crippen molar-refractivity contribution in [2.45, 2.75) is 32.6 Å². The second-order valence-electron chi connectivity index (χ2n) is 5.63. The molecular weight excluding hydrogens is 202 g/mol. The van der Waals surface area contributed by atoms with Crippen LogP contribution in [0.3, 0.4) is 0 Å². The number of Topliss-reactive ketones (excluding diaryl/α,β-unsaturated/α-hetero) is 1. The summed E-state index contributed by atoms with van der Waals surface area (Å²) in [7, 11) is 2.19. The van der Waals surface area contributed by atoms with Gasteiger partial charge in [0.2, 0.25) is 0 Å². The fourth-order valence-electron chi connectivity index (χ4n) is 2.99. The number of hydrogen-bond donors (Lipinski definition) is 0. The summed E-state index contributed by atoms with van der Waals surface area (Å²) in [6.45, 7) is 5.87. The average molecular weight is 225 g/mol. The van der Waals surface area contributed by atoms with Crippen LogP contribution in [0, 0.1) is 11.3 Å². The zero-order valence-electron chi connectivity index (χ0n) is 10.5. The Balaban J connectivity index is 1.90. The summed E-state index contributed by atoms with van der Waals surface area (Å²) in [6, 6.07) is 0. The van der Waals surface area contributed by atoms with Gasteiger partial charge in [-0.15, -0.1) is 0 Å². The highest BCUT2D eigenvalue weighted by Gasteiger charge is 2.45. The summed E-state index contributed by atoms with van der Waals surface area (Å²) in [4.78, 5) is 13.5. The van der Waals surface area contributed by atoms with E-state index in [1.807, 2.05) is 0 Å². The first-order valence-corrected chi connectivity index (χ1v) is 6.38. The minimum atomic E-state index is 0.319. The monoisotopic (exact) mass is 225 g/mol. The number of hydrogen-bond acceptors (Lipinski definition) is 3. The molecule has 0 aromatic rings. The van der Waals surface area contributed by atoms with Crippen LogP contribution >= 0.6 is 0 Å². The van der Waals surface area contributed by atoms with E-state index in [9.17, 15) is 4.79 Å². The molecule has 0 saturated carbocycles. The molecule has 2 fully saturated rings. The number of ether oxygens (including phenoxy) is 1. The predicted molar refractivity (Wildman–Crippen MR) is 63.4 cm³/mol. The Morgan fingerprint density at radius 2 is 2.00 bits per heavy atom. The highest BCUT2D eigenvalue weighted by molar-refractivity contribution is 5.75. The van der Waals surface area contributed by atoms with E-state index >= 15 is 0 Å². The number of likely N-dealkylation sites (tertiary alicyclic amines) is 1. The van der Waals surface area contributed by atoms with E-state index in [1.165, 1.54) is 25.9 Å². The number of carbonyl (C=O) groups is 1. The zero-order valence-corrected chi connectivity index (χ0v) is 10.5. The molecule has 3 heteroatoms. The van der Waals surface area contributed by atoms with Crippen molar-refractivity contribution < 1.29 is 9.53 Å². The number of ketones is 1. The van der Waals surface area contributed by atoms with Gasteiger partial charge in [0.25, 0.3) is 0 Å². The molecule has 0 aromatic heterocycles. The van der Waals surface area contributed by atoms with E-state index in [1.54, 1.807) is 6.92 Å². The van der Waals surface area contributed by atoms with Crippen molar-refractivity contribution in [1.29, 1.82) is 0 Å². The predicted octanol–water partition coefficient (Wildman–Crippen LogP) is 1.71. The van der Waals surface area contributed by atoms with E-state index < -0.39 is 0 Å². The molecule has 0 aliphatic carbocycles. The molecule has 2 rings (SSSR count). The van der Waals surface area contributed by atoms with Crippen molar-refractivity contribution in [2.75, 3.05) is 33.4 Å². The van der Waals surface area contributed by atoms with Crippen LogP contribution in [0.1, 0.15) is 32.6 Å². The molecule has 0 aromatic carbocycles. The molecule has 0 spiro atoms. The van der Waals surface area contributed by atoms with Crippen LogP contribution in [0.15, 0.2) is 0 Å². The summed E-state index contributed by atoms with van der Waals surface area (Å²) in [6.07, 6.45) is 4.32. The van der Waals surface area contributed by atoms with Crippen molar-refractivity contribution in [3.05, 3.63) is 0 Å². The van der Waals surface area contributed by atoms with Crippen LogP contribution in [0.25, 0.3) is 0 Å². The Hall–Kier alpha value is -0.410. The lowest BCUT2D eigenvalue weighted by molar-refractivity contribution is -0.161. The van der Waals surface area contributed by atoms with Gasteiger partial charge in [-0.1, -0.05) is 0 Å². The lowest BCUT2D eigenvalue weighted by atomic mass is 9.66. The largest absolute Gasteiger partial charge is 0.380 e. The normalized spacial score (nSPS) is 26.4. The smallest absolute Gasteiger partial charge is 0.129 e. The molecule has 16 heavy (non-hydrogen) atoms. The van der Waals surface area contributed by atoms with Gasteiger partial charge in [0.1, 0.15) is 5.78 Å². The van der Waals surface area contributed by atoms with Crippen LogP contribution in [-0.4, -0.2) is 44.0 Å². The highest BCUT2D eigenvalue weighted by atomic mass is 16.5. The number of rotatable bonds is 4. The summed E-state index contributed by atoms with van der Waals surface area (Å²) in [5.74, 6) is 1.09. The number of piperidine rings is 1. The summed E-state index contributed by atoms with van der Waals surface area (Å²) >= 11 is 0. The van der Waals surface area contributed by atoms with E-state index in [4.69, 9.17) is 4.74 Å². The molecule has 2 heterocycles. The molecule has 0 amide bonds. The van der Waals surface area contributed by atoms with Crippen molar-refractivity contribution in [1.82, 2.24) is 4.90 Å².